The maximum Gasteiger partial charge on any atom is 0.225 e. The molecule has 2 fully saturated rings. The number of carbonyl (C=O) groups is 1. The summed E-state index contributed by atoms with van der Waals surface area (Å²) in [4.78, 5) is 27.7. The number of aryl methyl sites for hydroxylation is 2. The summed E-state index contributed by atoms with van der Waals surface area (Å²) in [6.07, 6.45) is 6.59. The maximum absolute atomic E-state index is 13.1. The van der Waals surface area contributed by atoms with Crippen molar-refractivity contribution >= 4 is 11.7 Å². The predicted octanol–water partition coefficient (Wildman–Crippen LogP) is 5.58. The summed E-state index contributed by atoms with van der Waals surface area (Å²) in [6, 6.07) is 19.0. The third-order valence-corrected chi connectivity index (χ3v) is 7.54. The molecule has 5 rings (SSSR count). The van der Waals surface area contributed by atoms with Gasteiger partial charge in [-0.15, -0.1) is 0 Å². The van der Waals surface area contributed by atoms with Gasteiger partial charge in [0.2, 0.25) is 5.91 Å². The molecule has 35 heavy (non-hydrogen) atoms. The van der Waals surface area contributed by atoms with Gasteiger partial charge >= 0.3 is 0 Å². The fourth-order valence-electron chi connectivity index (χ4n) is 5.51. The van der Waals surface area contributed by atoms with E-state index in [1.807, 2.05) is 0 Å². The molecule has 0 radical (unpaired) electrons. The molecule has 0 atom stereocenters. The zero-order valence-corrected chi connectivity index (χ0v) is 21.0. The van der Waals surface area contributed by atoms with Crippen molar-refractivity contribution in [3.63, 3.8) is 0 Å². The number of benzene rings is 2. The molecule has 1 aliphatic heterocycles. The van der Waals surface area contributed by atoms with Gasteiger partial charge in [-0.1, -0.05) is 73.4 Å². The van der Waals surface area contributed by atoms with Gasteiger partial charge in [-0.05, 0) is 38.3 Å². The molecule has 3 aromatic rings. The smallest absolute Gasteiger partial charge is 0.225 e. The van der Waals surface area contributed by atoms with Gasteiger partial charge in [0.05, 0.1) is 0 Å². The van der Waals surface area contributed by atoms with Crippen molar-refractivity contribution in [1.29, 1.82) is 0 Å². The molecule has 2 aromatic carbocycles. The van der Waals surface area contributed by atoms with Gasteiger partial charge in [0.1, 0.15) is 5.82 Å². The summed E-state index contributed by atoms with van der Waals surface area (Å²) >= 11 is 0. The van der Waals surface area contributed by atoms with Gasteiger partial charge in [0, 0.05) is 55.3 Å². The Kier molecular flexibility index (Phi) is 7.12. The summed E-state index contributed by atoms with van der Waals surface area (Å²) in [5, 5.41) is 0. The number of hydrogen-bond acceptors (Lipinski definition) is 4. The minimum Gasteiger partial charge on any atom is -0.353 e. The lowest BCUT2D eigenvalue weighted by Gasteiger charge is -2.38. The minimum absolute atomic E-state index is 0.234. The van der Waals surface area contributed by atoms with Gasteiger partial charge in [-0.25, -0.2) is 9.97 Å². The number of piperazine rings is 1. The summed E-state index contributed by atoms with van der Waals surface area (Å²) in [7, 11) is 0. The van der Waals surface area contributed by atoms with Crippen molar-refractivity contribution in [2.75, 3.05) is 31.1 Å². The molecular weight excluding hydrogens is 432 g/mol. The molecule has 0 unspecified atom stereocenters. The van der Waals surface area contributed by atoms with Crippen LogP contribution >= 0.6 is 0 Å². The van der Waals surface area contributed by atoms with Crippen molar-refractivity contribution in [2.45, 2.75) is 52.4 Å². The van der Waals surface area contributed by atoms with E-state index in [4.69, 9.17) is 9.97 Å². The first-order valence-electron chi connectivity index (χ1n) is 13.1. The third-order valence-electron chi connectivity index (χ3n) is 7.54. The van der Waals surface area contributed by atoms with E-state index in [9.17, 15) is 4.79 Å². The highest BCUT2D eigenvalue weighted by Gasteiger charge is 2.30. The molecule has 0 bridgehead atoms. The molecule has 1 amide bonds. The van der Waals surface area contributed by atoms with Crippen LogP contribution in [0.2, 0.25) is 0 Å². The molecule has 5 nitrogen and oxygen atoms in total. The largest absolute Gasteiger partial charge is 0.353 e. The van der Waals surface area contributed by atoms with Crippen molar-refractivity contribution in [3.8, 4) is 11.4 Å². The quantitative estimate of drug-likeness (QED) is 0.490. The SMILES string of the molecule is Cc1cccc(-c2nc(C)c(Cc3ccccc3)c(N3CCN(C(=O)C4CCCCC4)CC3)n2)c1. The normalized spacial score (nSPS) is 17.0. The Morgan fingerprint density at radius 1 is 0.886 bits per heavy atom. The second-order valence-corrected chi connectivity index (χ2v) is 10.1. The Labute approximate surface area is 209 Å². The molecule has 1 aliphatic carbocycles. The van der Waals surface area contributed by atoms with E-state index >= 15 is 0 Å². The molecule has 1 saturated heterocycles. The molecule has 0 spiro atoms. The maximum atomic E-state index is 13.1. The summed E-state index contributed by atoms with van der Waals surface area (Å²) in [5.74, 6) is 2.40. The Hall–Kier alpha value is -3.21. The van der Waals surface area contributed by atoms with Crippen LogP contribution in [0.3, 0.4) is 0 Å². The van der Waals surface area contributed by atoms with E-state index in [1.165, 1.54) is 36.0 Å². The Morgan fingerprint density at radius 2 is 1.63 bits per heavy atom. The van der Waals surface area contributed by atoms with Crippen LogP contribution in [-0.4, -0.2) is 47.0 Å². The molecule has 2 heterocycles. The van der Waals surface area contributed by atoms with Crippen LogP contribution in [0.4, 0.5) is 5.82 Å². The topological polar surface area (TPSA) is 49.3 Å². The number of carbonyl (C=O) groups excluding carboxylic acids is 1. The van der Waals surface area contributed by atoms with E-state index in [0.29, 0.717) is 5.91 Å². The average Bonchev–Trinajstić information content (AvgIpc) is 2.90. The lowest BCUT2D eigenvalue weighted by molar-refractivity contribution is -0.136. The van der Waals surface area contributed by atoms with Crippen LogP contribution in [0.5, 0.6) is 0 Å². The van der Waals surface area contributed by atoms with Gasteiger partial charge in [-0.3, -0.25) is 4.79 Å². The zero-order chi connectivity index (χ0) is 24.2. The number of rotatable bonds is 5. The van der Waals surface area contributed by atoms with Crippen LogP contribution in [0.25, 0.3) is 11.4 Å². The Bertz CT molecular complexity index is 1160. The Morgan fingerprint density at radius 3 is 2.34 bits per heavy atom. The number of nitrogens with zero attached hydrogens (tertiary/aromatic N) is 4. The predicted molar refractivity (Wildman–Crippen MR) is 142 cm³/mol. The first-order valence-corrected chi connectivity index (χ1v) is 13.1. The molecule has 0 N–H and O–H groups in total. The highest BCUT2D eigenvalue weighted by atomic mass is 16.2. The highest BCUT2D eigenvalue weighted by molar-refractivity contribution is 5.79. The van der Waals surface area contributed by atoms with E-state index in [0.717, 1.165) is 68.3 Å². The lowest BCUT2D eigenvalue weighted by Crippen LogP contribution is -2.51. The molecule has 5 heteroatoms. The average molecular weight is 469 g/mol. The standard InChI is InChI=1S/C30H36N4O/c1-22-10-9-15-26(20-22)28-31-23(2)27(21-24-11-5-3-6-12-24)29(32-28)33-16-18-34(19-17-33)30(35)25-13-7-4-8-14-25/h3,5-6,9-12,15,20,25H,4,7-8,13-14,16-19,21H2,1-2H3. The van der Waals surface area contributed by atoms with Crippen LogP contribution in [-0.2, 0) is 11.2 Å². The van der Waals surface area contributed by atoms with E-state index in [1.54, 1.807) is 0 Å². The van der Waals surface area contributed by atoms with Gasteiger partial charge < -0.3 is 9.80 Å². The van der Waals surface area contributed by atoms with Crippen LogP contribution in [0, 0.1) is 19.8 Å². The van der Waals surface area contributed by atoms with Gasteiger partial charge in [0.15, 0.2) is 5.82 Å². The molecule has 1 saturated carbocycles. The van der Waals surface area contributed by atoms with Crippen molar-refractivity contribution in [3.05, 3.63) is 77.0 Å². The monoisotopic (exact) mass is 468 g/mol. The second-order valence-electron chi connectivity index (χ2n) is 10.1. The molecule has 2 aliphatic rings. The summed E-state index contributed by atoms with van der Waals surface area (Å²) in [5.41, 5.74) is 5.71. The molecular formula is C30H36N4O. The highest BCUT2D eigenvalue weighted by Crippen LogP contribution is 2.30. The number of aromatic nitrogens is 2. The Balaban J connectivity index is 1.42. The number of anilines is 1. The van der Waals surface area contributed by atoms with Crippen LogP contribution < -0.4 is 4.90 Å². The summed E-state index contributed by atoms with van der Waals surface area (Å²) < 4.78 is 0. The third kappa shape index (κ3) is 5.39. The fraction of sp³-hybridized carbons (Fsp3) is 0.433. The first kappa shape index (κ1) is 23.5. The van der Waals surface area contributed by atoms with Gasteiger partial charge in [0.25, 0.3) is 0 Å². The molecule has 182 valence electrons. The van der Waals surface area contributed by atoms with Crippen molar-refractivity contribution in [2.24, 2.45) is 5.92 Å². The number of amides is 1. The zero-order valence-electron chi connectivity index (χ0n) is 21.0. The van der Waals surface area contributed by atoms with Crippen molar-refractivity contribution in [1.82, 2.24) is 14.9 Å². The van der Waals surface area contributed by atoms with Crippen molar-refractivity contribution < 1.29 is 4.79 Å². The lowest BCUT2D eigenvalue weighted by atomic mass is 9.88. The minimum atomic E-state index is 0.234. The van der Waals surface area contributed by atoms with E-state index in [-0.39, 0.29) is 5.92 Å². The summed E-state index contributed by atoms with van der Waals surface area (Å²) in [6.45, 7) is 7.36. The molecule has 1 aromatic heterocycles. The van der Waals surface area contributed by atoms with Gasteiger partial charge in [-0.2, -0.15) is 0 Å². The van der Waals surface area contributed by atoms with Crippen LogP contribution in [0.15, 0.2) is 54.6 Å². The fourth-order valence-corrected chi connectivity index (χ4v) is 5.51. The number of hydrogen-bond donors (Lipinski definition) is 0. The van der Waals surface area contributed by atoms with Crippen LogP contribution in [0.1, 0.15) is 54.5 Å². The van der Waals surface area contributed by atoms with E-state index in [2.05, 4.69) is 78.2 Å². The second kappa shape index (κ2) is 10.6. The first-order chi connectivity index (χ1) is 17.1. The van der Waals surface area contributed by atoms with E-state index < -0.39 is 0 Å².